The fourth-order valence-electron chi connectivity index (χ4n) is 2.65. The standard InChI is InChI=1S/C15H16Br2N4O4/c1-24-12-9(16)4-15(13(22)11(12)17)5-10(21-25-15)14(23)19-3-2-8-6-18-7-20-8/h4,6-7,13,22H,2-3,5H2,1H3,(H,18,20)(H,19,23)/t13-,15?/m0/s1. The van der Waals surface area contributed by atoms with Crippen LogP contribution in [0.3, 0.4) is 0 Å². The van der Waals surface area contributed by atoms with Crippen molar-refractivity contribution in [2.24, 2.45) is 5.16 Å². The van der Waals surface area contributed by atoms with Gasteiger partial charge in [-0.3, -0.25) is 4.79 Å². The monoisotopic (exact) mass is 474 g/mol. The number of ether oxygens (including phenoxy) is 1. The van der Waals surface area contributed by atoms with Gasteiger partial charge in [0, 0.05) is 31.3 Å². The van der Waals surface area contributed by atoms with Crippen molar-refractivity contribution >= 4 is 43.5 Å². The number of carbonyl (C=O) groups is 1. The molecule has 0 aromatic carbocycles. The smallest absolute Gasteiger partial charge is 0.269 e. The van der Waals surface area contributed by atoms with Crippen LogP contribution < -0.4 is 5.32 Å². The van der Waals surface area contributed by atoms with E-state index in [0.717, 1.165) is 5.69 Å². The lowest BCUT2D eigenvalue weighted by Crippen LogP contribution is -2.45. The summed E-state index contributed by atoms with van der Waals surface area (Å²) in [5.74, 6) is 0.143. The molecule has 8 nitrogen and oxygen atoms in total. The van der Waals surface area contributed by atoms with Crippen molar-refractivity contribution in [1.29, 1.82) is 0 Å². The summed E-state index contributed by atoms with van der Waals surface area (Å²) in [6.45, 7) is 0.437. The number of hydrogen-bond donors (Lipinski definition) is 3. The van der Waals surface area contributed by atoms with E-state index in [1.807, 2.05) is 0 Å². The van der Waals surface area contributed by atoms with Gasteiger partial charge in [-0.25, -0.2) is 4.98 Å². The maximum atomic E-state index is 12.3. The second-order valence-electron chi connectivity index (χ2n) is 5.62. The lowest BCUT2D eigenvalue weighted by molar-refractivity contribution is -0.114. The maximum Gasteiger partial charge on any atom is 0.269 e. The van der Waals surface area contributed by atoms with Gasteiger partial charge < -0.3 is 25.0 Å². The molecule has 1 amide bonds. The number of H-pyrrole nitrogens is 1. The van der Waals surface area contributed by atoms with E-state index >= 15 is 0 Å². The number of amides is 1. The third-order valence-corrected chi connectivity index (χ3v) is 5.36. The average Bonchev–Trinajstić information content (AvgIpc) is 3.24. The Labute approximate surface area is 160 Å². The summed E-state index contributed by atoms with van der Waals surface area (Å²) in [5, 5.41) is 17.2. The number of rotatable bonds is 5. The molecule has 0 fully saturated rings. The number of aromatic nitrogens is 2. The van der Waals surface area contributed by atoms with Gasteiger partial charge in [-0.2, -0.15) is 0 Å². The molecule has 1 aliphatic carbocycles. The van der Waals surface area contributed by atoms with Crippen molar-refractivity contribution in [3.63, 3.8) is 0 Å². The summed E-state index contributed by atoms with van der Waals surface area (Å²) in [7, 11) is 1.50. The van der Waals surface area contributed by atoms with Crippen LogP contribution in [-0.2, 0) is 20.8 Å². The molecule has 1 aromatic rings. The van der Waals surface area contributed by atoms with E-state index in [9.17, 15) is 9.90 Å². The topological polar surface area (TPSA) is 109 Å². The first-order valence-corrected chi connectivity index (χ1v) is 9.06. The van der Waals surface area contributed by atoms with E-state index in [4.69, 9.17) is 9.57 Å². The highest BCUT2D eigenvalue weighted by Crippen LogP contribution is 2.43. The normalized spacial score (nSPS) is 25.5. The zero-order chi connectivity index (χ0) is 18.0. The Morgan fingerprint density at radius 2 is 2.40 bits per heavy atom. The minimum atomic E-state index is -1.14. The first-order valence-electron chi connectivity index (χ1n) is 7.48. The van der Waals surface area contributed by atoms with Gasteiger partial charge in [-0.05, 0) is 37.9 Å². The zero-order valence-corrected chi connectivity index (χ0v) is 16.4. The van der Waals surface area contributed by atoms with Crippen LogP contribution in [0.2, 0.25) is 0 Å². The molecule has 0 saturated heterocycles. The Morgan fingerprint density at radius 1 is 1.60 bits per heavy atom. The van der Waals surface area contributed by atoms with Crippen molar-refractivity contribution in [1.82, 2.24) is 15.3 Å². The molecule has 3 rings (SSSR count). The summed E-state index contributed by atoms with van der Waals surface area (Å²) in [4.78, 5) is 24.6. The van der Waals surface area contributed by atoms with Gasteiger partial charge in [-0.15, -0.1) is 0 Å². The summed E-state index contributed by atoms with van der Waals surface area (Å²) in [6, 6.07) is 0. The highest BCUT2D eigenvalue weighted by atomic mass is 79.9. The maximum absolute atomic E-state index is 12.3. The summed E-state index contributed by atoms with van der Waals surface area (Å²) in [6.07, 6.45) is 4.69. The molecular weight excluding hydrogens is 460 g/mol. The van der Waals surface area contributed by atoms with E-state index in [-0.39, 0.29) is 18.0 Å². The predicted molar refractivity (Wildman–Crippen MR) is 97.1 cm³/mol. The highest BCUT2D eigenvalue weighted by molar-refractivity contribution is 9.12. The van der Waals surface area contributed by atoms with Crippen molar-refractivity contribution < 1.29 is 19.5 Å². The molecule has 1 unspecified atom stereocenters. The fourth-order valence-corrected chi connectivity index (χ4v) is 4.44. The van der Waals surface area contributed by atoms with Crippen LogP contribution in [0.5, 0.6) is 0 Å². The van der Waals surface area contributed by atoms with Gasteiger partial charge >= 0.3 is 0 Å². The Balaban J connectivity index is 1.62. The van der Waals surface area contributed by atoms with Gasteiger partial charge in [0.1, 0.15) is 17.6 Å². The number of halogens is 2. The number of oxime groups is 1. The molecule has 10 heteroatoms. The van der Waals surface area contributed by atoms with Gasteiger partial charge in [0.2, 0.25) is 0 Å². The van der Waals surface area contributed by atoms with E-state index < -0.39 is 11.7 Å². The van der Waals surface area contributed by atoms with E-state index in [0.29, 0.717) is 27.7 Å². The lowest BCUT2D eigenvalue weighted by Gasteiger charge is -2.33. The lowest BCUT2D eigenvalue weighted by atomic mass is 9.87. The Hall–Kier alpha value is -1.65. The molecule has 25 heavy (non-hydrogen) atoms. The number of imidazole rings is 1. The molecule has 1 aromatic heterocycles. The molecular formula is C15H16Br2N4O4. The molecule has 0 bridgehead atoms. The molecule has 1 spiro atoms. The third-order valence-electron chi connectivity index (χ3n) is 3.98. The molecule has 0 radical (unpaired) electrons. The molecule has 0 saturated carbocycles. The first kappa shape index (κ1) is 18.2. The average molecular weight is 476 g/mol. The minimum Gasteiger partial charge on any atom is -0.495 e. The second kappa shape index (κ2) is 7.30. The quantitative estimate of drug-likeness (QED) is 0.597. The summed E-state index contributed by atoms with van der Waals surface area (Å²) < 4.78 is 6.27. The molecule has 2 atom stereocenters. The number of carbonyl (C=O) groups excluding carboxylic acids is 1. The van der Waals surface area contributed by atoms with E-state index in [2.05, 4.69) is 52.3 Å². The molecule has 3 N–H and O–H groups in total. The van der Waals surface area contributed by atoms with Gasteiger partial charge in [0.05, 0.1) is 22.4 Å². The van der Waals surface area contributed by atoms with Crippen LogP contribution in [0.15, 0.2) is 38.5 Å². The van der Waals surface area contributed by atoms with Crippen molar-refractivity contribution in [3.05, 3.63) is 39.0 Å². The number of allylic oxidation sites excluding steroid dienone is 1. The predicted octanol–water partition coefficient (Wildman–Crippen LogP) is 1.49. The van der Waals surface area contributed by atoms with Crippen molar-refractivity contribution in [2.45, 2.75) is 24.5 Å². The number of aromatic amines is 1. The van der Waals surface area contributed by atoms with Crippen molar-refractivity contribution in [2.75, 3.05) is 13.7 Å². The first-order chi connectivity index (χ1) is 12.0. The van der Waals surface area contributed by atoms with Crippen LogP contribution >= 0.6 is 31.9 Å². The zero-order valence-electron chi connectivity index (χ0n) is 13.3. The second-order valence-corrected chi connectivity index (χ2v) is 7.33. The summed E-state index contributed by atoms with van der Waals surface area (Å²) >= 11 is 6.70. The van der Waals surface area contributed by atoms with Crippen LogP contribution in [0.4, 0.5) is 0 Å². The van der Waals surface area contributed by atoms with Crippen LogP contribution in [0.1, 0.15) is 12.1 Å². The highest BCUT2D eigenvalue weighted by Gasteiger charge is 2.50. The van der Waals surface area contributed by atoms with Crippen LogP contribution in [-0.4, -0.2) is 52.1 Å². The Kier molecular flexibility index (Phi) is 5.30. The van der Waals surface area contributed by atoms with E-state index in [1.54, 1.807) is 18.6 Å². The Bertz CT molecular complexity index is 760. The summed E-state index contributed by atoms with van der Waals surface area (Å²) in [5.41, 5.74) is 0.00827. The largest absolute Gasteiger partial charge is 0.495 e. The molecule has 134 valence electrons. The fraction of sp³-hybridized carbons (Fsp3) is 0.400. The van der Waals surface area contributed by atoms with Gasteiger partial charge in [0.25, 0.3) is 5.91 Å². The molecule has 2 aliphatic rings. The van der Waals surface area contributed by atoms with Crippen LogP contribution in [0.25, 0.3) is 0 Å². The number of aliphatic hydroxyl groups excluding tert-OH is 1. The SMILES string of the molecule is COC1=C(Br)[C@H](O)C2(C=C1Br)CC(C(=O)NCCc1cnc[nH]1)=NO2. The van der Waals surface area contributed by atoms with Gasteiger partial charge in [-0.1, -0.05) is 5.16 Å². The van der Waals surface area contributed by atoms with Crippen LogP contribution in [0, 0.1) is 0 Å². The van der Waals surface area contributed by atoms with Crippen molar-refractivity contribution in [3.8, 4) is 0 Å². The van der Waals surface area contributed by atoms with Gasteiger partial charge in [0.15, 0.2) is 5.60 Å². The number of methoxy groups -OCH3 is 1. The number of hydrogen-bond acceptors (Lipinski definition) is 6. The third kappa shape index (κ3) is 3.51. The number of nitrogens with one attached hydrogen (secondary N) is 2. The number of aliphatic hydroxyl groups is 1. The molecule has 2 heterocycles. The molecule has 1 aliphatic heterocycles. The minimum absolute atomic E-state index is 0.144. The number of nitrogens with zero attached hydrogens (tertiary/aromatic N) is 2. The Morgan fingerprint density at radius 3 is 3.08 bits per heavy atom. The van der Waals surface area contributed by atoms with E-state index in [1.165, 1.54) is 7.11 Å².